The van der Waals surface area contributed by atoms with Crippen LogP contribution in [-0.4, -0.2) is 19.0 Å². The summed E-state index contributed by atoms with van der Waals surface area (Å²) < 4.78 is 5.59. The normalized spacial score (nSPS) is 16.6. The van der Waals surface area contributed by atoms with Gasteiger partial charge in [-0.3, -0.25) is 4.79 Å². The number of allylic oxidation sites excluding steroid dienone is 1. The maximum absolute atomic E-state index is 13.0. The predicted molar refractivity (Wildman–Crippen MR) is 139 cm³/mol. The van der Waals surface area contributed by atoms with Crippen molar-refractivity contribution in [2.45, 2.75) is 58.3 Å². The standard InChI is InChI=1S/C31H36O2/c1-4-24(5-2)27-12-13-29-21-30(15-14-28(29)20-27)31(32)19-23-8-10-26(11-9-23)22(3)25-7-6-17-33-18-16-25/h8-15,20-21,24-25H,3-7,16-19H2,1-2H3. The Kier molecular flexibility index (Phi) is 7.77. The summed E-state index contributed by atoms with van der Waals surface area (Å²) in [4.78, 5) is 13.0. The van der Waals surface area contributed by atoms with E-state index in [1.807, 2.05) is 12.1 Å². The van der Waals surface area contributed by atoms with E-state index in [0.717, 1.165) is 61.8 Å². The summed E-state index contributed by atoms with van der Waals surface area (Å²) in [5, 5.41) is 2.34. The van der Waals surface area contributed by atoms with Crippen molar-refractivity contribution in [2.75, 3.05) is 13.2 Å². The Morgan fingerprint density at radius 2 is 1.61 bits per heavy atom. The van der Waals surface area contributed by atoms with Gasteiger partial charge in [-0.25, -0.2) is 0 Å². The van der Waals surface area contributed by atoms with E-state index in [1.165, 1.54) is 22.1 Å². The zero-order valence-electron chi connectivity index (χ0n) is 20.1. The molecule has 0 spiro atoms. The van der Waals surface area contributed by atoms with Crippen LogP contribution in [0.3, 0.4) is 0 Å². The first-order valence-corrected chi connectivity index (χ1v) is 12.5. The van der Waals surface area contributed by atoms with Gasteiger partial charge >= 0.3 is 0 Å². The minimum Gasteiger partial charge on any atom is -0.381 e. The van der Waals surface area contributed by atoms with Gasteiger partial charge in [0.2, 0.25) is 0 Å². The van der Waals surface area contributed by atoms with Gasteiger partial charge in [0.05, 0.1) is 0 Å². The van der Waals surface area contributed by atoms with E-state index in [2.05, 4.69) is 69.0 Å². The van der Waals surface area contributed by atoms with Gasteiger partial charge in [0.25, 0.3) is 0 Å². The summed E-state index contributed by atoms with van der Waals surface area (Å²) in [6.07, 6.45) is 6.00. The van der Waals surface area contributed by atoms with Gasteiger partial charge in [-0.05, 0) is 83.0 Å². The zero-order valence-corrected chi connectivity index (χ0v) is 20.1. The molecule has 1 aliphatic heterocycles. The minimum atomic E-state index is 0.161. The molecule has 1 unspecified atom stereocenters. The molecule has 1 saturated heterocycles. The highest BCUT2D eigenvalue weighted by atomic mass is 16.5. The van der Waals surface area contributed by atoms with Crippen LogP contribution in [0.2, 0.25) is 0 Å². The molecule has 33 heavy (non-hydrogen) atoms. The first-order valence-electron chi connectivity index (χ1n) is 12.5. The van der Waals surface area contributed by atoms with E-state index in [4.69, 9.17) is 4.74 Å². The Bertz CT molecular complexity index is 1100. The summed E-state index contributed by atoms with van der Waals surface area (Å²) in [7, 11) is 0. The molecule has 0 saturated carbocycles. The first-order chi connectivity index (χ1) is 16.1. The number of hydrogen-bond acceptors (Lipinski definition) is 2. The SMILES string of the molecule is C=C(c1ccc(CC(=O)c2ccc3cc(C(CC)CC)ccc3c2)cc1)C1CCCOCC1. The number of ketones is 1. The Balaban J connectivity index is 1.44. The van der Waals surface area contributed by atoms with Gasteiger partial charge in [-0.2, -0.15) is 0 Å². The quantitative estimate of drug-likeness (QED) is 0.332. The van der Waals surface area contributed by atoms with Crippen molar-refractivity contribution >= 4 is 22.1 Å². The highest BCUT2D eigenvalue weighted by Crippen LogP contribution is 2.30. The minimum absolute atomic E-state index is 0.161. The lowest BCUT2D eigenvalue weighted by molar-refractivity contribution is 0.0993. The molecular formula is C31H36O2. The molecule has 0 bridgehead atoms. The van der Waals surface area contributed by atoms with E-state index < -0.39 is 0 Å². The van der Waals surface area contributed by atoms with E-state index in [-0.39, 0.29) is 5.78 Å². The number of fused-ring (bicyclic) bond motifs is 1. The number of ether oxygens (including phenoxy) is 1. The maximum atomic E-state index is 13.0. The van der Waals surface area contributed by atoms with Crippen LogP contribution in [0.5, 0.6) is 0 Å². The molecule has 2 heteroatoms. The third-order valence-corrected chi connectivity index (χ3v) is 7.28. The topological polar surface area (TPSA) is 26.3 Å². The largest absolute Gasteiger partial charge is 0.381 e. The summed E-state index contributed by atoms with van der Waals surface area (Å²) in [6.45, 7) is 10.5. The van der Waals surface area contributed by atoms with Crippen molar-refractivity contribution in [3.63, 3.8) is 0 Å². The smallest absolute Gasteiger partial charge is 0.167 e. The van der Waals surface area contributed by atoms with E-state index in [0.29, 0.717) is 18.3 Å². The molecule has 1 aliphatic rings. The molecule has 3 aromatic rings. The lowest BCUT2D eigenvalue weighted by Crippen LogP contribution is -2.05. The fourth-order valence-electron chi connectivity index (χ4n) is 5.06. The lowest BCUT2D eigenvalue weighted by atomic mass is 9.87. The monoisotopic (exact) mass is 440 g/mol. The Hall–Kier alpha value is -2.71. The molecule has 1 heterocycles. The molecule has 0 amide bonds. The van der Waals surface area contributed by atoms with Crippen molar-refractivity contribution in [1.82, 2.24) is 0 Å². The van der Waals surface area contributed by atoms with E-state index >= 15 is 0 Å². The van der Waals surface area contributed by atoms with Gasteiger partial charge in [-0.1, -0.05) is 75.0 Å². The van der Waals surface area contributed by atoms with Crippen LogP contribution in [-0.2, 0) is 11.2 Å². The first kappa shape index (κ1) is 23.4. The van der Waals surface area contributed by atoms with E-state index in [1.54, 1.807) is 0 Å². The molecule has 0 aliphatic carbocycles. The number of hydrogen-bond donors (Lipinski definition) is 0. The van der Waals surface area contributed by atoms with Crippen molar-refractivity contribution in [3.05, 3.63) is 89.5 Å². The average molecular weight is 441 g/mol. The Labute approximate surface area is 198 Å². The molecule has 4 rings (SSSR count). The van der Waals surface area contributed by atoms with Crippen molar-refractivity contribution < 1.29 is 9.53 Å². The molecule has 1 atom stereocenters. The number of rotatable bonds is 8. The van der Waals surface area contributed by atoms with E-state index in [9.17, 15) is 4.79 Å². The summed E-state index contributed by atoms with van der Waals surface area (Å²) in [5.41, 5.74) is 5.59. The lowest BCUT2D eigenvalue weighted by Gasteiger charge is -2.17. The molecule has 0 aromatic heterocycles. The highest BCUT2D eigenvalue weighted by Gasteiger charge is 2.17. The predicted octanol–water partition coefficient (Wildman–Crippen LogP) is 8.00. The molecule has 172 valence electrons. The molecule has 0 radical (unpaired) electrons. The average Bonchev–Trinajstić information content (AvgIpc) is 3.14. The van der Waals surface area contributed by atoms with Crippen LogP contribution in [0.1, 0.15) is 78.9 Å². The fourth-order valence-corrected chi connectivity index (χ4v) is 5.06. The van der Waals surface area contributed by atoms with Gasteiger partial charge in [0.15, 0.2) is 5.78 Å². The second kappa shape index (κ2) is 10.9. The molecule has 1 fully saturated rings. The fraction of sp³-hybridized carbons (Fsp3) is 0.387. The summed E-state index contributed by atoms with van der Waals surface area (Å²) in [5.74, 6) is 1.25. The Morgan fingerprint density at radius 1 is 0.909 bits per heavy atom. The third kappa shape index (κ3) is 5.62. The van der Waals surface area contributed by atoms with Crippen molar-refractivity contribution in [1.29, 1.82) is 0 Å². The second-order valence-electron chi connectivity index (χ2n) is 9.40. The highest BCUT2D eigenvalue weighted by molar-refractivity contribution is 6.01. The van der Waals surface area contributed by atoms with Crippen LogP contribution in [0, 0.1) is 5.92 Å². The van der Waals surface area contributed by atoms with Gasteiger partial charge in [0, 0.05) is 25.2 Å². The maximum Gasteiger partial charge on any atom is 0.167 e. The summed E-state index contributed by atoms with van der Waals surface area (Å²) >= 11 is 0. The number of carbonyl (C=O) groups is 1. The van der Waals surface area contributed by atoms with Crippen molar-refractivity contribution in [2.24, 2.45) is 5.92 Å². The van der Waals surface area contributed by atoms with Crippen LogP contribution < -0.4 is 0 Å². The molecule has 3 aromatic carbocycles. The van der Waals surface area contributed by atoms with Gasteiger partial charge < -0.3 is 4.74 Å². The van der Waals surface area contributed by atoms with Crippen LogP contribution >= 0.6 is 0 Å². The second-order valence-corrected chi connectivity index (χ2v) is 9.40. The van der Waals surface area contributed by atoms with Crippen LogP contribution in [0.25, 0.3) is 16.3 Å². The number of benzene rings is 3. The van der Waals surface area contributed by atoms with Crippen LogP contribution in [0.4, 0.5) is 0 Å². The van der Waals surface area contributed by atoms with Gasteiger partial charge in [-0.15, -0.1) is 0 Å². The molecule has 0 N–H and O–H groups in total. The van der Waals surface area contributed by atoms with Gasteiger partial charge in [0.1, 0.15) is 0 Å². The Morgan fingerprint density at radius 3 is 2.36 bits per heavy atom. The van der Waals surface area contributed by atoms with Crippen molar-refractivity contribution in [3.8, 4) is 0 Å². The van der Waals surface area contributed by atoms with Crippen LogP contribution in [0.15, 0.2) is 67.2 Å². The molecular weight excluding hydrogens is 404 g/mol. The zero-order chi connectivity index (χ0) is 23.2. The summed E-state index contributed by atoms with van der Waals surface area (Å²) in [6, 6.07) is 21.2. The number of Topliss-reactive ketones (excluding diaryl/α,β-unsaturated/α-hetero) is 1. The molecule has 2 nitrogen and oxygen atoms in total. The number of carbonyl (C=O) groups excluding carboxylic acids is 1. The third-order valence-electron chi connectivity index (χ3n) is 7.28.